The van der Waals surface area contributed by atoms with Crippen LogP contribution in [-0.2, 0) is 11.2 Å². The van der Waals surface area contributed by atoms with E-state index in [2.05, 4.69) is 32.7 Å². The molecule has 0 spiro atoms. The number of hydrogen-bond acceptors (Lipinski definition) is 6. The Bertz CT molecular complexity index is 809. The number of hydrogen-bond donors (Lipinski definition) is 2. The van der Waals surface area contributed by atoms with Gasteiger partial charge >= 0.3 is 5.97 Å². The fourth-order valence-electron chi connectivity index (χ4n) is 2.57. The average molecular weight is 532 g/mol. The van der Waals surface area contributed by atoms with Crippen LogP contribution in [0, 0.1) is 6.92 Å². The molecule has 9 heteroatoms. The minimum atomic E-state index is -0.321. The van der Waals surface area contributed by atoms with Crippen LogP contribution < -0.4 is 15.4 Å². The lowest BCUT2D eigenvalue weighted by molar-refractivity contribution is 0.0531. The minimum absolute atomic E-state index is 0. The van der Waals surface area contributed by atoms with Gasteiger partial charge in [0, 0.05) is 13.6 Å². The van der Waals surface area contributed by atoms with Gasteiger partial charge in [-0.05, 0) is 44.9 Å². The van der Waals surface area contributed by atoms with Gasteiger partial charge in [-0.25, -0.2) is 9.78 Å². The van der Waals surface area contributed by atoms with E-state index in [0.29, 0.717) is 23.1 Å². The van der Waals surface area contributed by atoms with Crippen LogP contribution in [-0.4, -0.2) is 44.2 Å². The molecule has 7 nitrogen and oxygen atoms in total. The molecule has 0 saturated heterocycles. The summed E-state index contributed by atoms with van der Waals surface area (Å²) in [6.45, 7) is 6.69. The third-order valence-corrected chi connectivity index (χ3v) is 5.41. The van der Waals surface area contributed by atoms with Gasteiger partial charge < -0.3 is 20.1 Å². The summed E-state index contributed by atoms with van der Waals surface area (Å²) in [6.07, 6.45) is 0.864. The van der Waals surface area contributed by atoms with E-state index < -0.39 is 0 Å². The summed E-state index contributed by atoms with van der Waals surface area (Å²) in [5.41, 5.74) is 1.90. The molecule has 0 fully saturated rings. The first-order valence-electron chi connectivity index (χ1n) is 9.23. The van der Waals surface area contributed by atoms with Crippen molar-refractivity contribution in [3.8, 4) is 5.75 Å². The molecule has 1 aromatic heterocycles. The number of rotatable bonds is 8. The fourth-order valence-corrected chi connectivity index (χ4v) is 3.53. The Kier molecular flexibility index (Phi) is 11.0. The summed E-state index contributed by atoms with van der Waals surface area (Å²) in [7, 11) is 3.39. The lowest BCUT2D eigenvalue weighted by atomic mass is 10.1. The number of nitrogens with zero attached hydrogens (tertiary/aromatic N) is 2. The highest BCUT2D eigenvalue weighted by atomic mass is 127. The summed E-state index contributed by atoms with van der Waals surface area (Å²) < 4.78 is 10.3. The number of nitrogens with one attached hydrogen (secondary N) is 2. The van der Waals surface area contributed by atoms with Crippen molar-refractivity contribution in [3.05, 3.63) is 45.4 Å². The molecule has 2 N–H and O–H groups in total. The number of methoxy groups -OCH3 is 1. The third-order valence-electron chi connectivity index (χ3n) is 4.09. The molecule has 0 aliphatic carbocycles. The largest absolute Gasteiger partial charge is 0.497 e. The number of esters is 1. The molecule has 2 rings (SSSR count). The molecule has 0 bridgehead atoms. The smallest absolute Gasteiger partial charge is 0.350 e. The monoisotopic (exact) mass is 532 g/mol. The van der Waals surface area contributed by atoms with Crippen molar-refractivity contribution >= 4 is 47.2 Å². The van der Waals surface area contributed by atoms with E-state index in [1.54, 1.807) is 21.1 Å². The van der Waals surface area contributed by atoms with Gasteiger partial charge in [-0.15, -0.1) is 35.3 Å². The van der Waals surface area contributed by atoms with Crippen molar-refractivity contribution in [2.75, 3.05) is 27.3 Å². The van der Waals surface area contributed by atoms with Crippen LogP contribution in [0.1, 0.15) is 45.8 Å². The van der Waals surface area contributed by atoms with Crippen molar-refractivity contribution in [2.45, 2.75) is 33.2 Å². The zero-order chi connectivity index (χ0) is 20.5. The van der Waals surface area contributed by atoms with Gasteiger partial charge in [0.25, 0.3) is 0 Å². The maximum absolute atomic E-state index is 12.0. The number of carbonyl (C=O) groups excluding carboxylic acids is 1. The van der Waals surface area contributed by atoms with E-state index in [9.17, 15) is 4.79 Å². The standard InChI is InChI=1S/C20H28N4O3S.HI/c1-6-27-19(25)17-13(2)23-18(28-17)14(3)24-20(21-4)22-12-11-15-7-9-16(26-5)10-8-15;/h7-10,14H,6,11-12H2,1-5H3,(H2,21,22,24);1H. The number of thiazole rings is 1. The van der Waals surface area contributed by atoms with Gasteiger partial charge in [-0.2, -0.15) is 0 Å². The number of aryl methyl sites for hydroxylation is 1. The quantitative estimate of drug-likeness (QED) is 0.233. The molecule has 1 unspecified atom stereocenters. The zero-order valence-electron chi connectivity index (χ0n) is 17.4. The highest BCUT2D eigenvalue weighted by Crippen LogP contribution is 2.24. The Hall–Kier alpha value is -1.88. The van der Waals surface area contributed by atoms with Crippen LogP contribution in [0.5, 0.6) is 5.75 Å². The minimum Gasteiger partial charge on any atom is -0.497 e. The van der Waals surface area contributed by atoms with E-state index in [1.807, 2.05) is 26.0 Å². The molecule has 1 atom stereocenters. The molecule has 1 heterocycles. The van der Waals surface area contributed by atoms with Crippen LogP contribution in [0.3, 0.4) is 0 Å². The maximum Gasteiger partial charge on any atom is 0.350 e. The molecule has 0 amide bonds. The maximum atomic E-state index is 12.0. The molecule has 2 aromatic rings. The summed E-state index contributed by atoms with van der Waals surface area (Å²) >= 11 is 1.35. The van der Waals surface area contributed by atoms with Crippen LogP contribution >= 0.6 is 35.3 Å². The molecule has 0 radical (unpaired) electrons. The van der Waals surface area contributed by atoms with Gasteiger partial charge in [-0.3, -0.25) is 4.99 Å². The first kappa shape index (κ1) is 25.2. The number of guanidine groups is 1. The average Bonchev–Trinajstić information content (AvgIpc) is 3.09. The van der Waals surface area contributed by atoms with E-state index in [1.165, 1.54) is 16.9 Å². The van der Waals surface area contributed by atoms with Crippen molar-refractivity contribution < 1.29 is 14.3 Å². The fraction of sp³-hybridized carbons (Fsp3) is 0.450. The number of benzene rings is 1. The van der Waals surface area contributed by atoms with E-state index in [0.717, 1.165) is 23.7 Å². The number of aromatic nitrogens is 1. The third kappa shape index (κ3) is 7.46. The molecule has 0 aliphatic heterocycles. The number of aliphatic imine (C=N–C) groups is 1. The van der Waals surface area contributed by atoms with Crippen molar-refractivity contribution in [3.63, 3.8) is 0 Å². The van der Waals surface area contributed by atoms with Crippen LogP contribution in [0.15, 0.2) is 29.3 Å². The Morgan fingerprint density at radius 2 is 2.00 bits per heavy atom. The lowest BCUT2D eigenvalue weighted by Gasteiger charge is -2.16. The SMILES string of the molecule is CCOC(=O)c1sc(C(C)NC(=NC)NCCc2ccc(OC)cc2)nc1C.I. The summed E-state index contributed by atoms with van der Waals surface area (Å²) in [5.74, 6) is 1.22. The molecular weight excluding hydrogens is 503 g/mol. The van der Waals surface area contributed by atoms with Gasteiger partial charge in [0.15, 0.2) is 5.96 Å². The van der Waals surface area contributed by atoms with Crippen molar-refractivity contribution in [2.24, 2.45) is 4.99 Å². The Morgan fingerprint density at radius 1 is 1.31 bits per heavy atom. The van der Waals surface area contributed by atoms with Crippen LogP contribution in [0.2, 0.25) is 0 Å². The van der Waals surface area contributed by atoms with Crippen LogP contribution in [0.25, 0.3) is 0 Å². The number of ether oxygens (including phenoxy) is 2. The molecule has 0 saturated carbocycles. The second kappa shape index (κ2) is 12.6. The van der Waals surface area contributed by atoms with Gasteiger partial charge in [0.2, 0.25) is 0 Å². The van der Waals surface area contributed by atoms with Crippen LogP contribution in [0.4, 0.5) is 0 Å². The van der Waals surface area contributed by atoms with Gasteiger partial charge in [0.05, 0.1) is 25.5 Å². The van der Waals surface area contributed by atoms with Gasteiger partial charge in [0.1, 0.15) is 15.6 Å². The van der Waals surface area contributed by atoms with Gasteiger partial charge in [-0.1, -0.05) is 12.1 Å². The molecule has 29 heavy (non-hydrogen) atoms. The molecule has 1 aromatic carbocycles. The predicted octanol–water partition coefficient (Wildman–Crippen LogP) is 3.72. The second-order valence-electron chi connectivity index (χ2n) is 6.15. The predicted molar refractivity (Wildman–Crippen MR) is 128 cm³/mol. The summed E-state index contributed by atoms with van der Waals surface area (Å²) in [4.78, 5) is 21.3. The highest BCUT2D eigenvalue weighted by Gasteiger charge is 2.20. The number of halogens is 1. The normalized spacial score (nSPS) is 12.0. The molecular formula is C20H29IN4O3S. The molecule has 0 aliphatic rings. The van der Waals surface area contributed by atoms with Crippen molar-refractivity contribution in [1.82, 2.24) is 15.6 Å². The number of carbonyl (C=O) groups is 1. The highest BCUT2D eigenvalue weighted by molar-refractivity contribution is 14.0. The molecule has 160 valence electrons. The lowest BCUT2D eigenvalue weighted by Crippen LogP contribution is -2.39. The Morgan fingerprint density at radius 3 is 2.59 bits per heavy atom. The summed E-state index contributed by atoms with van der Waals surface area (Å²) in [6, 6.07) is 7.93. The van der Waals surface area contributed by atoms with E-state index in [-0.39, 0.29) is 36.0 Å². The van der Waals surface area contributed by atoms with Crippen molar-refractivity contribution in [1.29, 1.82) is 0 Å². The topological polar surface area (TPSA) is 84.8 Å². The first-order chi connectivity index (χ1) is 13.5. The van der Waals surface area contributed by atoms with E-state index in [4.69, 9.17) is 9.47 Å². The Balaban J connectivity index is 0.00000420. The zero-order valence-corrected chi connectivity index (χ0v) is 20.6. The second-order valence-corrected chi connectivity index (χ2v) is 7.18. The first-order valence-corrected chi connectivity index (χ1v) is 10.0. The summed E-state index contributed by atoms with van der Waals surface area (Å²) in [5, 5.41) is 7.44. The Labute approximate surface area is 193 Å². The van der Waals surface area contributed by atoms with E-state index >= 15 is 0 Å².